The van der Waals surface area contributed by atoms with Gasteiger partial charge in [-0.25, -0.2) is 0 Å². The lowest BCUT2D eigenvalue weighted by Gasteiger charge is -1.99. The van der Waals surface area contributed by atoms with Crippen molar-refractivity contribution in [2.75, 3.05) is 14.1 Å². The van der Waals surface area contributed by atoms with Crippen molar-refractivity contribution in [1.29, 1.82) is 0 Å². The van der Waals surface area contributed by atoms with E-state index >= 15 is 0 Å². The van der Waals surface area contributed by atoms with E-state index in [9.17, 15) is 9.59 Å². The number of rotatable bonds is 1. The smallest absolute Gasteiger partial charge is 0.336 e. The lowest BCUT2D eigenvalue weighted by molar-refractivity contribution is -0.135. The van der Waals surface area contributed by atoms with Gasteiger partial charge in [0.05, 0.1) is 6.34 Å². The Hall–Kier alpha value is -1.39. The van der Waals surface area contributed by atoms with Crippen molar-refractivity contribution in [3.63, 3.8) is 0 Å². The van der Waals surface area contributed by atoms with E-state index in [0.29, 0.717) is 0 Å². The molecule has 2 N–H and O–H groups in total. The molecule has 70 valence electrons. The Morgan fingerprint density at radius 2 is 1.75 bits per heavy atom. The van der Waals surface area contributed by atoms with E-state index in [0.717, 1.165) is 0 Å². The molecular formula is C7H15N3O2. The quantitative estimate of drug-likeness (QED) is 0.333. The monoisotopic (exact) mass is 173 g/mol. The van der Waals surface area contributed by atoms with Crippen LogP contribution in [-0.2, 0) is 9.59 Å². The Balaban J connectivity index is 0. The second-order valence-electron chi connectivity index (χ2n) is 1.88. The van der Waals surface area contributed by atoms with Crippen LogP contribution in [0.15, 0.2) is 4.99 Å². The molecule has 0 unspecified atom stereocenters. The number of primary amides is 1. The summed E-state index contributed by atoms with van der Waals surface area (Å²) in [5.41, 5.74) is 4.60. The molecule has 0 rings (SSSR count). The molecule has 0 bridgehead atoms. The highest BCUT2D eigenvalue weighted by atomic mass is 16.2. The maximum atomic E-state index is 10.3. The van der Waals surface area contributed by atoms with Crippen LogP contribution in [0.3, 0.4) is 0 Å². The molecule has 0 spiro atoms. The third-order valence-electron chi connectivity index (χ3n) is 0.617. The minimum Gasteiger partial charge on any atom is -0.369 e. The maximum Gasteiger partial charge on any atom is 0.336 e. The van der Waals surface area contributed by atoms with Crippen LogP contribution in [0.1, 0.15) is 13.8 Å². The fraction of sp³-hybridized carbons (Fsp3) is 0.571. The van der Waals surface area contributed by atoms with Gasteiger partial charge in [-0.1, -0.05) is 13.8 Å². The van der Waals surface area contributed by atoms with Crippen LogP contribution in [0.4, 0.5) is 0 Å². The number of hydrogen-bond donors (Lipinski definition) is 1. The normalized spacial score (nSPS) is 8.67. The summed E-state index contributed by atoms with van der Waals surface area (Å²) in [7, 11) is 3.36. The number of nitrogens with two attached hydrogens (primary N) is 1. The van der Waals surface area contributed by atoms with Crippen molar-refractivity contribution in [3.8, 4) is 0 Å². The number of amides is 2. The van der Waals surface area contributed by atoms with Gasteiger partial charge in [-0.15, -0.1) is 0 Å². The third-order valence-corrected chi connectivity index (χ3v) is 0.617. The number of carbonyl (C=O) groups is 2. The molecule has 5 heteroatoms. The molecule has 0 saturated carbocycles. The second-order valence-corrected chi connectivity index (χ2v) is 1.88. The first-order chi connectivity index (χ1) is 5.54. The second kappa shape index (κ2) is 7.71. The highest BCUT2D eigenvalue weighted by Gasteiger charge is 2.03. The first-order valence-electron chi connectivity index (χ1n) is 3.58. The summed E-state index contributed by atoms with van der Waals surface area (Å²) in [6.45, 7) is 4.00. The van der Waals surface area contributed by atoms with Crippen molar-refractivity contribution in [2.45, 2.75) is 13.8 Å². The Morgan fingerprint density at radius 1 is 1.33 bits per heavy atom. The average molecular weight is 173 g/mol. The SMILES string of the molecule is CC.CN(C)C=NC(=O)C(N)=O. The zero-order chi connectivity index (χ0) is 10.1. The van der Waals surface area contributed by atoms with Gasteiger partial charge in [-0.05, 0) is 0 Å². The summed E-state index contributed by atoms with van der Waals surface area (Å²) in [6, 6.07) is 0. The molecular weight excluding hydrogens is 158 g/mol. The van der Waals surface area contributed by atoms with Gasteiger partial charge in [-0.2, -0.15) is 4.99 Å². The van der Waals surface area contributed by atoms with Gasteiger partial charge in [-0.3, -0.25) is 9.59 Å². The molecule has 0 aromatic rings. The first kappa shape index (κ1) is 13.2. The van der Waals surface area contributed by atoms with E-state index in [1.807, 2.05) is 13.8 Å². The number of aliphatic imine (C=N–C) groups is 1. The molecule has 2 amide bonds. The summed E-state index contributed by atoms with van der Waals surface area (Å²) in [5, 5.41) is 0. The Labute approximate surface area is 72.3 Å². The topological polar surface area (TPSA) is 75.8 Å². The molecule has 12 heavy (non-hydrogen) atoms. The van der Waals surface area contributed by atoms with Gasteiger partial charge >= 0.3 is 11.8 Å². The Bertz CT molecular complexity index is 175. The molecule has 0 aromatic heterocycles. The zero-order valence-electron chi connectivity index (χ0n) is 7.87. The molecule has 0 heterocycles. The fourth-order valence-corrected chi connectivity index (χ4v) is 0.232. The summed E-state index contributed by atoms with van der Waals surface area (Å²) >= 11 is 0. The minimum atomic E-state index is -1.04. The fourth-order valence-electron chi connectivity index (χ4n) is 0.232. The van der Waals surface area contributed by atoms with E-state index in [1.54, 1.807) is 14.1 Å². The van der Waals surface area contributed by atoms with E-state index in [2.05, 4.69) is 10.7 Å². The molecule has 0 aliphatic carbocycles. The average Bonchev–Trinajstić information content (AvgIpc) is 2.03. The van der Waals surface area contributed by atoms with Crippen molar-refractivity contribution in [2.24, 2.45) is 10.7 Å². The third kappa shape index (κ3) is 8.61. The predicted octanol–water partition coefficient (Wildman–Crippen LogP) is -0.386. The number of hydrogen-bond acceptors (Lipinski definition) is 2. The van der Waals surface area contributed by atoms with E-state index < -0.39 is 11.8 Å². The summed E-state index contributed by atoms with van der Waals surface area (Å²) in [5.74, 6) is -1.98. The molecule has 0 atom stereocenters. The van der Waals surface area contributed by atoms with Gasteiger partial charge < -0.3 is 10.6 Å². The van der Waals surface area contributed by atoms with Crippen molar-refractivity contribution in [3.05, 3.63) is 0 Å². The van der Waals surface area contributed by atoms with Crippen LogP contribution >= 0.6 is 0 Å². The highest BCUT2D eigenvalue weighted by Crippen LogP contribution is 1.72. The van der Waals surface area contributed by atoms with E-state index in [4.69, 9.17) is 0 Å². The van der Waals surface area contributed by atoms with E-state index in [-0.39, 0.29) is 0 Å². The van der Waals surface area contributed by atoms with Gasteiger partial charge in [0.15, 0.2) is 0 Å². The minimum absolute atomic E-state index is 0.936. The van der Waals surface area contributed by atoms with Crippen molar-refractivity contribution >= 4 is 18.2 Å². The van der Waals surface area contributed by atoms with Gasteiger partial charge in [0.1, 0.15) is 0 Å². The van der Waals surface area contributed by atoms with E-state index in [1.165, 1.54) is 11.2 Å². The maximum absolute atomic E-state index is 10.3. The Kier molecular flexibility index (Phi) is 8.50. The molecule has 5 nitrogen and oxygen atoms in total. The number of carbonyl (C=O) groups excluding carboxylic acids is 2. The van der Waals surface area contributed by atoms with Gasteiger partial charge in [0, 0.05) is 14.1 Å². The molecule has 0 radical (unpaired) electrons. The summed E-state index contributed by atoms with van der Waals surface area (Å²) < 4.78 is 0. The lowest BCUT2D eigenvalue weighted by Crippen LogP contribution is -2.22. The molecule has 0 fully saturated rings. The van der Waals surface area contributed by atoms with Crippen LogP contribution in [0.2, 0.25) is 0 Å². The van der Waals surface area contributed by atoms with Crippen LogP contribution in [-0.4, -0.2) is 37.1 Å². The van der Waals surface area contributed by atoms with Crippen molar-refractivity contribution < 1.29 is 9.59 Å². The zero-order valence-corrected chi connectivity index (χ0v) is 7.87. The van der Waals surface area contributed by atoms with Gasteiger partial charge in [0.25, 0.3) is 0 Å². The Morgan fingerprint density at radius 3 is 2.00 bits per heavy atom. The highest BCUT2D eigenvalue weighted by molar-refractivity contribution is 6.35. The van der Waals surface area contributed by atoms with Crippen molar-refractivity contribution in [1.82, 2.24) is 4.90 Å². The van der Waals surface area contributed by atoms with Crippen LogP contribution in [0.5, 0.6) is 0 Å². The molecule has 0 aliphatic rings. The van der Waals surface area contributed by atoms with Crippen LogP contribution in [0.25, 0.3) is 0 Å². The van der Waals surface area contributed by atoms with Crippen LogP contribution in [0, 0.1) is 0 Å². The molecule has 0 aromatic carbocycles. The van der Waals surface area contributed by atoms with Gasteiger partial charge in [0.2, 0.25) is 0 Å². The standard InChI is InChI=1S/C5H9N3O2.C2H6/c1-8(2)3-7-5(10)4(6)9;1-2/h3H,1-2H3,(H2,6,9);1-2H3. The predicted molar refractivity (Wildman–Crippen MR) is 47.7 cm³/mol. The first-order valence-corrected chi connectivity index (χ1v) is 3.58. The molecule has 0 saturated heterocycles. The molecule has 0 aliphatic heterocycles. The summed E-state index contributed by atoms with van der Waals surface area (Å²) in [6.07, 6.45) is 1.22. The lowest BCUT2D eigenvalue weighted by atomic mass is 10.6. The number of nitrogens with zero attached hydrogens (tertiary/aromatic N) is 2. The summed E-state index contributed by atoms with van der Waals surface area (Å²) in [4.78, 5) is 25.1. The largest absolute Gasteiger partial charge is 0.369 e. The van der Waals surface area contributed by atoms with Crippen LogP contribution < -0.4 is 5.73 Å².